The number of likely N-dealkylation sites (tertiary alicyclic amines) is 1. The third-order valence-corrected chi connectivity index (χ3v) is 5.03. The zero-order valence-corrected chi connectivity index (χ0v) is 15.0. The van der Waals surface area contributed by atoms with Crippen molar-refractivity contribution in [1.82, 2.24) is 14.8 Å². The minimum Gasteiger partial charge on any atom is -0.396 e. The lowest BCUT2D eigenvalue weighted by molar-refractivity contribution is 0.0446. The topological polar surface area (TPSA) is 65.9 Å². The zero-order valence-electron chi connectivity index (χ0n) is 14.2. The zero-order chi connectivity index (χ0) is 16.8. The van der Waals surface area contributed by atoms with Crippen LogP contribution in [0.3, 0.4) is 0 Å². The maximum atomic E-state index is 12.6. The largest absolute Gasteiger partial charge is 0.396 e. The van der Waals surface area contributed by atoms with Crippen LogP contribution in [0, 0.1) is 18.8 Å². The first-order valence-electron chi connectivity index (χ1n) is 8.03. The lowest BCUT2D eigenvalue weighted by Crippen LogP contribution is -2.47. The number of hydrogen-bond acceptors (Lipinski definition) is 6. The van der Waals surface area contributed by atoms with Gasteiger partial charge in [0.15, 0.2) is 0 Å². The number of nitrogens with zero attached hydrogens (tertiary/aromatic N) is 3. The van der Waals surface area contributed by atoms with Crippen molar-refractivity contribution in [3.63, 3.8) is 0 Å². The van der Waals surface area contributed by atoms with Crippen LogP contribution < -0.4 is 0 Å². The van der Waals surface area contributed by atoms with E-state index in [1.807, 2.05) is 17.2 Å². The summed E-state index contributed by atoms with van der Waals surface area (Å²) in [4.78, 5) is 21.0. The molecule has 0 unspecified atom stereocenters. The van der Waals surface area contributed by atoms with Crippen molar-refractivity contribution in [2.75, 3.05) is 53.6 Å². The van der Waals surface area contributed by atoms with E-state index < -0.39 is 0 Å². The van der Waals surface area contributed by atoms with Crippen molar-refractivity contribution in [3.8, 4) is 0 Å². The lowest BCUT2D eigenvalue weighted by Gasteiger charge is -2.38. The molecule has 0 radical (unpaired) electrons. The summed E-state index contributed by atoms with van der Waals surface area (Å²) in [6, 6.07) is 0. The molecule has 2 rings (SSSR count). The average Bonchev–Trinajstić information content (AvgIpc) is 2.98. The maximum Gasteiger partial charge on any atom is 0.273 e. The smallest absolute Gasteiger partial charge is 0.273 e. The highest BCUT2D eigenvalue weighted by molar-refractivity contribution is 7.09. The third-order valence-electron chi connectivity index (χ3n) is 4.25. The van der Waals surface area contributed by atoms with Crippen LogP contribution in [-0.2, 0) is 4.74 Å². The molecule has 2 heterocycles. The first kappa shape index (κ1) is 18.3. The summed E-state index contributed by atoms with van der Waals surface area (Å²) in [6.45, 7) is 5.84. The molecule has 2 atom stereocenters. The van der Waals surface area contributed by atoms with E-state index in [1.165, 1.54) is 11.3 Å². The number of thiazole rings is 1. The Balaban J connectivity index is 1.98. The lowest BCUT2D eigenvalue weighted by atomic mass is 9.89. The summed E-state index contributed by atoms with van der Waals surface area (Å²) >= 11 is 1.49. The number of aromatic nitrogens is 1. The van der Waals surface area contributed by atoms with E-state index in [9.17, 15) is 9.90 Å². The average molecular weight is 341 g/mol. The van der Waals surface area contributed by atoms with Gasteiger partial charge in [0.25, 0.3) is 5.91 Å². The Morgan fingerprint density at radius 3 is 2.87 bits per heavy atom. The number of carbonyl (C=O) groups is 1. The molecule has 0 bridgehead atoms. The van der Waals surface area contributed by atoms with Crippen LogP contribution in [0.15, 0.2) is 5.38 Å². The van der Waals surface area contributed by atoms with E-state index >= 15 is 0 Å². The molecule has 0 spiro atoms. The van der Waals surface area contributed by atoms with Crippen LogP contribution >= 0.6 is 11.3 Å². The van der Waals surface area contributed by atoms with Crippen molar-refractivity contribution >= 4 is 17.2 Å². The molecule has 1 aromatic rings. The number of rotatable bonds is 7. The van der Waals surface area contributed by atoms with E-state index in [0.29, 0.717) is 24.8 Å². The molecule has 1 saturated heterocycles. The first-order valence-corrected chi connectivity index (χ1v) is 8.91. The van der Waals surface area contributed by atoms with Crippen molar-refractivity contribution in [3.05, 3.63) is 16.1 Å². The molecule has 1 aliphatic rings. The molecule has 1 aromatic heterocycles. The Morgan fingerprint density at radius 1 is 1.52 bits per heavy atom. The molecule has 1 amide bonds. The number of carbonyl (C=O) groups excluding carboxylic acids is 1. The Kier molecular flexibility index (Phi) is 6.95. The molecule has 0 aromatic carbocycles. The van der Waals surface area contributed by atoms with Crippen LogP contribution in [-0.4, -0.2) is 79.3 Å². The number of aliphatic hydroxyl groups is 1. The molecule has 130 valence electrons. The van der Waals surface area contributed by atoms with Crippen molar-refractivity contribution in [2.45, 2.75) is 13.3 Å². The van der Waals surface area contributed by atoms with E-state index in [4.69, 9.17) is 4.74 Å². The van der Waals surface area contributed by atoms with Gasteiger partial charge in [-0.1, -0.05) is 0 Å². The highest BCUT2D eigenvalue weighted by atomic mass is 32.1. The summed E-state index contributed by atoms with van der Waals surface area (Å²) in [6.07, 6.45) is 0.952. The van der Waals surface area contributed by atoms with Gasteiger partial charge < -0.3 is 19.6 Å². The van der Waals surface area contributed by atoms with Gasteiger partial charge in [0, 0.05) is 45.3 Å². The molecule has 7 heteroatoms. The normalized spacial score (nSPS) is 21.9. The Bertz CT molecular complexity index is 509. The maximum absolute atomic E-state index is 12.6. The number of amides is 1. The quantitative estimate of drug-likeness (QED) is 0.804. The van der Waals surface area contributed by atoms with Crippen LogP contribution in [0.4, 0.5) is 0 Å². The predicted octanol–water partition coefficient (Wildman–Crippen LogP) is 1.10. The summed E-state index contributed by atoms with van der Waals surface area (Å²) in [5.74, 6) is 0.497. The minimum atomic E-state index is -0.0166. The van der Waals surface area contributed by atoms with Gasteiger partial charge in [-0.15, -0.1) is 11.3 Å². The fraction of sp³-hybridized carbons (Fsp3) is 0.750. The van der Waals surface area contributed by atoms with Gasteiger partial charge in [-0.2, -0.15) is 0 Å². The number of ether oxygens (including phenoxy) is 1. The van der Waals surface area contributed by atoms with Gasteiger partial charge in [-0.25, -0.2) is 4.98 Å². The standard InChI is InChI=1S/C16H27N3O3S/c1-12-17-15(11-23-12)16(21)19-8-13(6-14(9-19)10-20)7-18(2)4-5-22-3/h11,13-14,20H,4-10H2,1-3H3/t13-,14+/m0/s1. The Hall–Kier alpha value is -1.02. The van der Waals surface area contributed by atoms with Crippen molar-refractivity contribution in [2.24, 2.45) is 11.8 Å². The van der Waals surface area contributed by atoms with E-state index in [2.05, 4.69) is 16.9 Å². The number of likely N-dealkylation sites (N-methyl/N-ethyl adjacent to an activating group) is 1. The fourth-order valence-electron chi connectivity index (χ4n) is 3.15. The monoisotopic (exact) mass is 341 g/mol. The highest BCUT2D eigenvalue weighted by Gasteiger charge is 2.31. The van der Waals surface area contributed by atoms with Gasteiger partial charge in [0.2, 0.25) is 0 Å². The minimum absolute atomic E-state index is 0.0166. The molecule has 0 aliphatic carbocycles. The van der Waals surface area contributed by atoms with Crippen molar-refractivity contribution < 1.29 is 14.6 Å². The first-order chi connectivity index (χ1) is 11.0. The molecule has 1 fully saturated rings. The molecular weight excluding hydrogens is 314 g/mol. The number of methoxy groups -OCH3 is 1. The number of hydrogen-bond donors (Lipinski definition) is 1. The Morgan fingerprint density at radius 2 is 2.26 bits per heavy atom. The van der Waals surface area contributed by atoms with Gasteiger partial charge in [-0.05, 0) is 32.2 Å². The molecular formula is C16H27N3O3S. The summed E-state index contributed by atoms with van der Waals surface area (Å²) in [5.41, 5.74) is 0.526. The van der Waals surface area contributed by atoms with Gasteiger partial charge >= 0.3 is 0 Å². The SMILES string of the molecule is COCCN(C)C[C@@H]1C[C@@H](CO)CN(C(=O)c2csc(C)n2)C1. The summed E-state index contributed by atoms with van der Waals surface area (Å²) < 4.78 is 5.11. The molecule has 1 aliphatic heterocycles. The highest BCUT2D eigenvalue weighted by Crippen LogP contribution is 2.24. The second-order valence-electron chi connectivity index (χ2n) is 6.37. The third kappa shape index (κ3) is 5.24. The summed E-state index contributed by atoms with van der Waals surface area (Å²) in [7, 11) is 3.77. The predicted molar refractivity (Wildman–Crippen MR) is 90.8 cm³/mol. The fourth-order valence-corrected chi connectivity index (χ4v) is 3.74. The van der Waals surface area contributed by atoms with Crippen LogP contribution in [0.25, 0.3) is 0 Å². The van der Waals surface area contributed by atoms with E-state index in [0.717, 1.165) is 31.1 Å². The van der Waals surface area contributed by atoms with Crippen LogP contribution in [0.2, 0.25) is 0 Å². The van der Waals surface area contributed by atoms with E-state index in [1.54, 1.807) is 7.11 Å². The molecule has 0 saturated carbocycles. The number of piperidine rings is 1. The second kappa shape index (κ2) is 8.73. The van der Waals surface area contributed by atoms with Gasteiger partial charge in [0.05, 0.1) is 11.6 Å². The van der Waals surface area contributed by atoms with Crippen LogP contribution in [0.1, 0.15) is 21.9 Å². The van der Waals surface area contributed by atoms with E-state index in [-0.39, 0.29) is 18.4 Å². The summed E-state index contributed by atoms with van der Waals surface area (Å²) in [5, 5.41) is 12.3. The number of aliphatic hydroxyl groups excluding tert-OH is 1. The molecule has 23 heavy (non-hydrogen) atoms. The van der Waals surface area contributed by atoms with Crippen molar-refractivity contribution in [1.29, 1.82) is 0 Å². The van der Waals surface area contributed by atoms with Crippen LogP contribution in [0.5, 0.6) is 0 Å². The van der Waals surface area contributed by atoms with Gasteiger partial charge in [-0.3, -0.25) is 4.79 Å². The van der Waals surface area contributed by atoms with Gasteiger partial charge in [0.1, 0.15) is 5.69 Å². The molecule has 6 nitrogen and oxygen atoms in total. The molecule has 1 N–H and O–H groups in total. The second-order valence-corrected chi connectivity index (χ2v) is 7.43. The Labute approximate surface area is 142 Å². The number of aryl methyl sites for hydroxylation is 1.